The predicted octanol–water partition coefficient (Wildman–Crippen LogP) is 2.47. The molecule has 2 aromatic rings. The first-order chi connectivity index (χ1) is 11.0. The number of nitrogens with zero attached hydrogens (tertiary/aromatic N) is 1. The maximum absolute atomic E-state index is 13.0. The first-order valence-electron chi connectivity index (χ1n) is 6.93. The number of carbonyl (C=O) groups excluding carboxylic acids is 1. The molecule has 0 saturated carbocycles. The highest BCUT2D eigenvalue weighted by molar-refractivity contribution is 5.77. The standard InChI is InChI=1S/C16H15FN2O4/c17-13-4-1-3-12(9-13)7-8-18-16(20)11-23-15-6-2-5-14(10-15)19(21)22/h1-6,9-10H,7-8,11H2,(H,18,20). The number of non-ortho nitro benzene ring substituents is 1. The lowest BCUT2D eigenvalue weighted by Gasteiger charge is -2.07. The smallest absolute Gasteiger partial charge is 0.273 e. The molecule has 0 aromatic heterocycles. The molecule has 1 N–H and O–H groups in total. The molecule has 2 rings (SSSR count). The van der Waals surface area contributed by atoms with Gasteiger partial charge in [0, 0.05) is 12.6 Å². The van der Waals surface area contributed by atoms with Gasteiger partial charge in [0.25, 0.3) is 11.6 Å². The Balaban J connectivity index is 1.75. The highest BCUT2D eigenvalue weighted by atomic mass is 19.1. The molecule has 120 valence electrons. The summed E-state index contributed by atoms with van der Waals surface area (Å²) in [5, 5.41) is 13.3. The molecule has 23 heavy (non-hydrogen) atoms. The largest absolute Gasteiger partial charge is 0.484 e. The zero-order valence-corrected chi connectivity index (χ0v) is 12.2. The Bertz CT molecular complexity index is 706. The Morgan fingerprint density at radius 2 is 2.00 bits per heavy atom. The van der Waals surface area contributed by atoms with Crippen LogP contribution in [-0.2, 0) is 11.2 Å². The zero-order valence-electron chi connectivity index (χ0n) is 12.2. The van der Waals surface area contributed by atoms with Crippen LogP contribution < -0.4 is 10.1 Å². The lowest BCUT2D eigenvalue weighted by Crippen LogP contribution is -2.30. The number of hydrogen-bond donors (Lipinski definition) is 1. The average molecular weight is 318 g/mol. The molecule has 1 amide bonds. The molecule has 0 fully saturated rings. The fourth-order valence-corrected chi connectivity index (χ4v) is 1.93. The van der Waals surface area contributed by atoms with Crippen molar-refractivity contribution in [2.45, 2.75) is 6.42 Å². The van der Waals surface area contributed by atoms with Gasteiger partial charge < -0.3 is 10.1 Å². The van der Waals surface area contributed by atoms with Gasteiger partial charge in [0.05, 0.1) is 11.0 Å². The van der Waals surface area contributed by atoms with Crippen LogP contribution in [0.5, 0.6) is 5.75 Å². The lowest BCUT2D eigenvalue weighted by atomic mass is 10.1. The number of amides is 1. The predicted molar refractivity (Wildman–Crippen MR) is 81.7 cm³/mol. The average Bonchev–Trinajstić information content (AvgIpc) is 2.53. The van der Waals surface area contributed by atoms with Gasteiger partial charge in [-0.15, -0.1) is 0 Å². The van der Waals surface area contributed by atoms with Crippen molar-refractivity contribution in [3.05, 3.63) is 70.0 Å². The summed E-state index contributed by atoms with van der Waals surface area (Å²) in [6.07, 6.45) is 0.500. The molecule has 0 aliphatic rings. The highest BCUT2D eigenvalue weighted by Crippen LogP contribution is 2.18. The Labute approximate surface area is 132 Å². The van der Waals surface area contributed by atoms with E-state index in [0.29, 0.717) is 13.0 Å². The number of halogens is 1. The van der Waals surface area contributed by atoms with Crippen LogP contribution in [0.25, 0.3) is 0 Å². The van der Waals surface area contributed by atoms with Crippen LogP contribution in [0.2, 0.25) is 0 Å². The minimum absolute atomic E-state index is 0.103. The van der Waals surface area contributed by atoms with Gasteiger partial charge in [0.15, 0.2) is 6.61 Å². The molecule has 0 saturated heterocycles. The maximum Gasteiger partial charge on any atom is 0.273 e. The van der Waals surface area contributed by atoms with Crippen LogP contribution in [0.4, 0.5) is 10.1 Å². The normalized spacial score (nSPS) is 10.1. The molecule has 0 aliphatic heterocycles. The summed E-state index contributed by atoms with van der Waals surface area (Å²) in [5.74, 6) is -0.421. The number of carbonyl (C=O) groups is 1. The fraction of sp³-hybridized carbons (Fsp3) is 0.188. The van der Waals surface area contributed by atoms with Gasteiger partial charge in [-0.25, -0.2) is 4.39 Å². The molecule has 0 spiro atoms. The van der Waals surface area contributed by atoms with Crippen LogP contribution in [0.15, 0.2) is 48.5 Å². The quantitative estimate of drug-likeness (QED) is 0.628. The lowest BCUT2D eigenvalue weighted by molar-refractivity contribution is -0.384. The van der Waals surface area contributed by atoms with Crippen LogP contribution in [0, 0.1) is 15.9 Å². The third kappa shape index (κ3) is 5.39. The molecular formula is C16H15FN2O4. The second-order valence-corrected chi connectivity index (χ2v) is 4.77. The van der Waals surface area contributed by atoms with E-state index >= 15 is 0 Å². The SMILES string of the molecule is O=C(COc1cccc([N+](=O)[O-])c1)NCCc1cccc(F)c1. The maximum atomic E-state index is 13.0. The van der Waals surface area contributed by atoms with E-state index in [4.69, 9.17) is 4.74 Å². The third-order valence-corrected chi connectivity index (χ3v) is 3.02. The summed E-state index contributed by atoms with van der Waals surface area (Å²) in [5.41, 5.74) is 0.680. The first-order valence-corrected chi connectivity index (χ1v) is 6.93. The van der Waals surface area contributed by atoms with Crippen molar-refractivity contribution < 1.29 is 18.8 Å². The van der Waals surface area contributed by atoms with Gasteiger partial charge in [-0.1, -0.05) is 18.2 Å². The minimum Gasteiger partial charge on any atom is -0.484 e. The Hall–Kier alpha value is -2.96. The van der Waals surface area contributed by atoms with Gasteiger partial charge in [0.2, 0.25) is 0 Å². The van der Waals surface area contributed by atoms with E-state index in [0.717, 1.165) is 5.56 Å². The summed E-state index contributed by atoms with van der Waals surface area (Å²) in [7, 11) is 0. The van der Waals surface area contributed by atoms with E-state index in [1.54, 1.807) is 12.1 Å². The summed E-state index contributed by atoms with van der Waals surface area (Å²) in [4.78, 5) is 21.7. The summed E-state index contributed by atoms with van der Waals surface area (Å²) in [6, 6.07) is 11.8. The van der Waals surface area contributed by atoms with Crippen molar-refractivity contribution >= 4 is 11.6 Å². The molecular weight excluding hydrogens is 303 g/mol. The molecule has 7 heteroatoms. The molecule has 0 atom stereocenters. The van der Waals surface area contributed by atoms with Gasteiger partial charge in [-0.2, -0.15) is 0 Å². The Morgan fingerprint density at radius 3 is 2.74 bits per heavy atom. The van der Waals surface area contributed by atoms with Crippen LogP contribution in [0.3, 0.4) is 0 Å². The van der Waals surface area contributed by atoms with Crippen LogP contribution >= 0.6 is 0 Å². The van der Waals surface area contributed by atoms with Gasteiger partial charge in [-0.05, 0) is 30.2 Å². The minimum atomic E-state index is -0.536. The Morgan fingerprint density at radius 1 is 1.22 bits per heavy atom. The van der Waals surface area contributed by atoms with Gasteiger partial charge >= 0.3 is 0 Å². The third-order valence-electron chi connectivity index (χ3n) is 3.02. The van der Waals surface area contributed by atoms with Crippen molar-refractivity contribution in [2.75, 3.05) is 13.2 Å². The summed E-state index contributed by atoms with van der Waals surface area (Å²) in [6.45, 7) is 0.102. The molecule has 2 aromatic carbocycles. The zero-order chi connectivity index (χ0) is 16.7. The molecule has 0 aliphatic carbocycles. The highest BCUT2D eigenvalue weighted by Gasteiger charge is 2.08. The van der Waals surface area contributed by atoms with E-state index in [1.165, 1.54) is 36.4 Å². The van der Waals surface area contributed by atoms with Crippen molar-refractivity contribution in [3.8, 4) is 5.75 Å². The first kappa shape index (κ1) is 16.4. The van der Waals surface area contributed by atoms with E-state index < -0.39 is 4.92 Å². The van der Waals surface area contributed by atoms with Crippen molar-refractivity contribution in [1.82, 2.24) is 5.32 Å². The number of nitro benzene ring substituents is 1. The topological polar surface area (TPSA) is 81.5 Å². The summed E-state index contributed by atoms with van der Waals surface area (Å²) >= 11 is 0. The van der Waals surface area contributed by atoms with E-state index in [9.17, 15) is 19.3 Å². The molecule has 0 bridgehead atoms. The summed E-state index contributed by atoms with van der Waals surface area (Å²) < 4.78 is 18.2. The fourth-order valence-electron chi connectivity index (χ4n) is 1.93. The van der Waals surface area contributed by atoms with Crippen molar-refractivity contribution in [2.24, 2.45) is 0 Å². The van der Waals surface area contributed by atoms with Crippen LogP contribution in [-0.4, -0.2) is 24.0 Å². The Kier molecular flexibility index (Phi) is 5.62. The van der Waals surface area contributed by atoms with Gasteiger partial charge in [-0.3, -0.25) is 14.9 Å². The van der Waals surface area contributed by atoms with Crippen molar-refractivity contribution in [3.63, 3.8) is 0 Å². The molecule has 0 radical (unpaired) electrons. The van der Waals surface area contributed by atoms with E-state index in [2.05, 4.69) is 5.32 Å². The number of benzene rings is 2. The number of hydrogen-bond acceptors (Lipinski definition) is 4. The molecule has 6 nitrogen and oxygen atoms in total. The number of rotatable bonds is 7. The monoisotopic (exact) mass is 318 g/mol. The number of nitrogens with one attached hydrogen (secondary N) is 1. The van der Waals surface area contributed by atoms with Gasteiger partial charge in [0.1, 0.15) is 11.6 Å². The molecule has 0 heterocycles. The molecule has 0 unspecified atom stereocenters. The van der Waals surface area contributed by atoms with Crippen molar-refractivity contribution in [1.29, 1.82) is 0 Å². The van der Waals surface area contributed by atoms with E-state index in [1.807, 2.05) is 0 Å². The van der Waals surface area contributed by atoms with E-state index in [-0.39, 0.29) is 29.8 Å². The number of ether oxygens (including phenoxy) is 1. The second kappa shape index (κ2) is 7.88. The second-order valence-electron chi connectivity index (χ2n) is 4.77. The number of nitro groups is 1. The van der Waals surface area contributed by atoms with Crippen LogP contribution in [0.1, 0.15) is 5.56 Å².